The maximum Gasteiger partial charge on any atom is -1.00 e. The first-order valence-electron chi connectivity index (χ1n) is 6.62. The normalized spacial score (nSPS) is 28.2. The Balaban J connectivity index is 0.00000312. The van der Waals surface area contributed by atoms with Crippen LogP contribution in [0.15, 0.2) is 10.2 Å². The fourth-order valence-electron chi connectivity index (χ4n) is 2.93. The van der Waals surface area contributed by atoms with Crippen LogP contribution in [0.25, 0.3) is 0 Å². The van der Waals surface area contributed by atoms with Gasteiger partial charge in [0.15, 0.2) is 0 Å². The van der Waals surface area contributed by atoms with Gasteiger partial charge in [0.05, 0.1) is 0 Å². The van der Waals surface area contributed by atoms with E-state index in [0.717, 1.165) is 0 Å². The van der Waals surface area contributed by atoms with Gasteiger partial charge in [0.25, 0.3) is 0 Å². The molecule has 2 aliphatic heterocycles. The number of rotatable bonds is 0. The van der Waals surface area contributed by atoms with E-state index in [4.69, 9.17) is 19.9 Å². The summed E-state index contributed by atoms with van der Waals surface area (Å²) in [5.41, 5.74) is 0. The van der Waals surface area contributed by atoms with Crippen molar-refractivity contribution in [2.75, 3.05) is 40.5 Å². The van der Waals surface area contributed by atoms with Gasteiger partial charge < -0.3 is 24.0 Å². The average Bonchev–Trinajstić information content (AvgIpc) is 2.19. The first kappa shape index (κ1) is 22.7. The molecule has 2 aliphatic rings. The minimum absolute atomic E-state index is 0. The van der Waals surface area contributed by atoms with Crippen LogP contribution in [0.2, 0.25) is 0 Å². The van der Waals surface area contributed by atoms with Crippen molar-refractivity contribution in [3.8, 4) is 0 Å². The van der Waals surface area contributed by atoms with Crippen LogP contribution in [0, 0.1) is 0 Å². The predicted octanol–water partition coefficient (Wildman–Crippen LogP) is -0.835. The van der Waals surface area contributed by atoms with E-state index in [0.29, 0.717) is 0 Å². The SMILES string of the molecule is C[N+]1(C)C[Si-]2(Cl)(C[N+](C)(C)N=C(C(F)(F)F)O2)OC(C(F)(F)F)=N1.[I-]. The summed E-state index contributed by atoms with van der Waals surface area (Å²) in [4.78, 5) is 0. The second kappa shape index (κ2) is 5.84. The van der Waals surface area contributed by atoms with Gasteiger partial charge in [0.1, 0.15) is 0 Å². The number of alkyl halides is 6. The molecule has 2 rings (SSSR count). The minimum Gasteiger partial charge on any atom is -1.00 e. The van der Waals surface area contributed by atoms with Gasteiger partial charge in [-0.1, -0.05) is 0 Å². The summed E-state index contributed by atoms with van der Waals surface area (Å²) in [5.74, 6) is -3.41. The first-order valence-corrected chi connectivity index (χ1v) is 10.4. The summed E-state index contributed by atoms with van der Waals surface area (Å²) >= 11 is 6.36. The van der Waals surface area contributed by atoms with E-state index in [1.165, 1.54) is 28.2 Å². The molecule has 0 N–H and O–H groups in total. The molecular weight excluding hydrogens is 513 g/mol. The molecule has 0 amide bonds. The van der Waals surface area contributed by atoms with Crippen LogP contribution in [0.3, 0.4) is 0 Å². The van der Waals surface area contributed by atoms with Gasteiger partial charge in [0.2, 0.25) is 0 Å². The first-order chi connectivity index (χ1) is 10.3. The van der Waals surface area contributed by atoms with E-state index in [2.05, 4.69) is 10.2 Å². The van der Waals surface area contributed by atoms with Crippen molar-refractivity contribution in [3.63, 3.8) is 0 Å². The van der Waals surface area contributed by atoms with Gasteiger partial charge in [-0.25, -0.2) is 0 Å². The number of hydrogen-bond donors (Lipinski definition) is 0. The molecule has 6 nitrogen and oxygen atoms in total. The van der Waals surface area contributed by atoms with E-state index in [-0.39, 0.29) is 24.0 Å². The van der Waals surface area contributed by atoms with E-state index in [1.807, 2.05) is 0 Å². The van der Waals surface area contributed by atoms with E-state index in [1.54, 1.807) is 0 Å². The fraction of sp³-hybridized carbons (Fsp3) is 0.800. The molecule has 148 valence electrons. The van der Waals surface area contributed by atoms with Crippen LogP contribution < -0.4 is 24.0 Å². The van der Waals surface area contributed by atoms with Gasteiger partial charge in [-0.2, -0.15) is 0 Å². The van der Waals surface area contributed by atoms with Crippen molar-refractivity contribution >= 4 is 30.0 Å². The molecule has 0 aromatic rings. The Morgan fingerprint density at radius 1 is 0.840 bits per heavy atom. The third-order valence-electron chi connectivity index (χ3n) is 3.23. The molecule has 0 aliphatic carbocycles. The molecule has 0 radical (unpaired) electrons. The van der Waals surface area contributed by atoms with Crippen molar-refractivity contribution in [1.29, 1.82) is 0 Å². The monoisotopic (exact) mass is 528 g/mol. The predicted molar refractivity (Wildman–Crippen MR) is 74.7 cm³/mol. The molecule has 0 atom stereocenters. The molecule has 25 heavy (non-hydrogen) atoms. The zero-order chi connectivity index (χ0) is 18.8. The molecule has 0 aromatic heterocycles. The number of quaternary nitrogens is 2. The summed E-state index contributed by atoms with van der Waals surface area (Å²) in [6.07, 6.45) is -11.0. The van der Waals surface area contributed by atoms with Crippen LogP contribution in [0.5, 0.6) is 0 Å². The Hall–Kier alpha value is -0.323. The third kappa shape index (κ3) is 4.89. The number of hydrogen-bond acceptors (Lipinski definition) is 4. The Kier molecular flexibility index (Phi) is 5.30. The second-order valence-electron chi connectivity index (χ2n) is 6.90. The maximum absolute atomic E-state index is 13.1. The molecule has 0 fully saturated rings. The van der Waals surface area contributed by atoms with Crippen molar-refractivity contribution in [1.82, 2.24) is 0 Å². The number of halogens is 8. The van der Waals surface area contributed by atoms with E-state index < -0.39 is 52.8 Å². The fourth-order valence-corrected chi connectivity index (χ4v) is 9.77. The number of nitrogens with zero attached hydrogens (tertiary/aromatic N) is 4. The molecular formula is C10H16ClF6IN4O2Si. The molecule has 0 bridgehead atoms. The van der Waals surface area contributed by atoms with Gasteiger partial charge >= 0.3 is 137 Å². The van der Waals surface area contributed by atoms with E-state index in [9.17, 15) is 26.3 Å². The van der Waals surface area contributed by atoms with Crippen LogP contribution >= 0.6 is 11.1 Å². The van der Waals surface area contributed by atoms with Crippen LogP contribution in [-0.2, 0) is 8.85 Å². The average molecular weight is 529 g/mol. The summed E-state index contributed by atoms with van der Waals surface area (Å²) < 4.78 is 87.0. The Morgan fingerprint density at radius 2 is 1.12 bits per heavy atom. The van der Waals surface area contributed by atoms with Crippen molar-refractivity contribution in [2.45, 2.75) is 12.4 Å². The van der Waals surface area contributed by atoms with Gasteiger partial charge in [-0.05, 0) is 0 Å². The molecule has 2 heterocycles. The summed E-state index contributed by atoms with van der Waals surface area (Å²) in [6.45, 7) is 0. The van der Waals surface area contributed by atoms with Crippen molar-refractivity contribution in [2.24, 2.45) is 10.2 Å². The zero-order valence-corrected chi connectivity index (χ0v) is 17.5. The summed E-state index contributed by atoms with van der Waals surface area (Å²) in [5, 5.41) is 6.74. The smallest absolute Gasteiger partial charge is 1.00 e. The molecule has 15 heteroatoms. The Morgan fingerprint density at radius 3 is 1.36 bits per heavy atom. The third-order valence-corrected chi connectivity index (χ3v) is 8.44. The van der Waals surface area contributed by atoms with Crippen LogP contribution in [0.1, 0.15) is 0 Å². The summed E-state index contributed by atoms with van der Waals surface area (Å²) in [6, 6.07) is 0. The largest absolute Gasteiger partial charge is 1.00 e. The topological polar surface area (TPSA) is 43.2 Å². The van der Waals surface area contributed by atoms with Gasteiger partial charge in [-0.15, -0.1) is 0 Å². The van der Waals surface area contributed by atoms with Crippen molar-refractivity contribution in [3.05, 3.63) is 0 Å². The second-order valence-corrected chi connectivity index (χ2v) is 13.1. The molecule has 0 unspecified atom stereocenters. The van der Waals surface area contributed by atoms with Crippen molar-refractivity contribution < 1.29 is 68.4 Å². The molecule has 0 saturated heterocycles. The summed E-state index contributed by atoms with van der Waals surface area (Å²) in [7, 11) is -0.223. The van der Waals surface area contributed by atoms with Gasteiger partial charge in [-0.3, -0.25) is 0 Å². The van der Waals surface area contributed by atoms with Crippen LogP contribution in [-0.4, -0.2) is 81.0 Å². The van der Waals surface area contributed by atoms with E-state index >= 15 is 0 Å². The Labute approximate surface area is 161 Å². The molecule has 0 aromatic carbocycles. The van der Waals surface area contributed by atoms with Gasteiger partial charge in [0, 0.05) is 0 Å². The molecule has 0 saturated carbocycles. The minimum atomic E-state index is -5.27. The quantitative estimate of drug-likeness (QED) is 0.135. The van der Waals surface area contributed by atoms with Crippen LogP contribution in [0.4, 0.5) is 26.3 Å². The standard InChI is InChI=1S/C10H16ClF6N4O2Si.HI/c1-20(2)5-24(11,22-7(18-20)9(12,13)14)6-21(3,4)19-8(23-24)10(15,16)17;/h5-6H2,1-4H3;1H/q+1;/p-1. The molecule has 1 spiro atoms. The maximum atomic E-state index is 13.1. The Bertz CT molecular complexity index is 584. The zero-order valence-electron chi connectivity index (χ0n) is 13.5.